The number of carbonyl (C=O) groups excluding carboxylic acids is 1. The van der Waals surface area contributed by atoms with Crippen molar-refractivity contribution in [3.8, 4) is 0 Å². The van der Waals surface area contributed by atoms with E-state index in [1.807, 2.05) is 12.1 Å². The van der Waals surface area contributed by atoms with E-state index in [1.165, 1.54) is 24.5 Å². The van der Waals surface area contributed by atoms with Crippen LogP contribution in [0.25, 0.3) is 6.08 Å². The van der Waals surface area contributed by atoms with Gasteiger partial charge in [-0.1, -0.05) is 0 Å². The molecule has 16 heavy (non-hydrogen) atoms. The number of hydrogen-bond donors (Lipinski definition) is 1. The zero-order valence-electron chi connectivity index (χ0n) is 8.51. The highest BCUT2D eigenvalue weighted by atomic mass is 79.9. The number of amides is 1. The van der Waals surface area contributed by atoms with E-state index < -0.39 is 5.97 Å². The van der Waals surface area contributed by atoms with E-state index in [9.17, 15) is 9.59 Å². The first-order valence-corrected chi connectivity index (χ1v) is 6.00. The van der Waals surface area contributed by atoms with Gasteiger partial charge in [-0.15, -0.1) is 11.3 Å². The Hall–Kier alpha value is -1.14. The average Bonchev–Trinajstić information content (AvgIpc) is 2.59. The third-order valence-electron chi connectivity index (χ3n) is 1.73. The summed E-state index contributed by atoms with van der Waals surface area (Å²) in [5.41, 5.74) is 0. The molecule has 1 aromatic rings. The van der Waals surface area contributed by atoms with Crippen molar-refractivity contribution in [3.05, 3.63) is 26.9 Å². The van der Waals surface area contributed by atoms with Gasteiger partial charge < -0.3 is 10.0 Å². The standard InChI is InChI=1S/C10H10BrNO3S/c1-12(6-10(14)15)9(13)5-3-7-2-4-8(11)16-7/h2-5H,6H2,1H3,(H,14,15)/b5-3+. The van der Waals surface area contributed by atoms with Gasteiger partial charge in [0.1, 0.15) is 6.54 Å². The molecule has 0 fully saturated rings. The van der Waals surface area contributed by atoms with Crippen LogP contribution in [0.3, 0.4) is 0 Å². The Morgan fingerprint density at radius 2 is 2.25 bits per heavy atom. The van der Waals surface area contributed by atoms with Gasteiger partial charge in [-0.05, 0) is 34.1 Å². The molecule has 0 unspecified atom stereocenters. The Labute approximate surface area is 105 Å². The summed E-state index contributed by atoms with van der Waals surface area (Å²) in [5, 5.41) is 8.50. The fourth-order valence-corrected chi connectivity index (χ4v) is 2.31. The quantitative estimate of drug-likeness (QED) is 0.866. The molecule has 1 N–H and O–H groups in total. The molecule has 0 radical (unpaired) electrons. The second-order valence-electron chi connectivity index (χ2n) is 3.06. The summed E-state index contributed by atoms with van der Waals surface area (Å²) in [7, 11) is 1.45. The van der Waals surface area contributed by atoms with Crippen LogP contribution in [0.5, 0.6) is 0 Å². The topological polar surface area (TPSA) is 57.6 Å². The molecule has 1 aromatic heterocycles. The van der Waals surface area contributed by atoms with E-state index in [4.69, 9.17) is 5.11 Å². The summed E-state index contributed by atoms with van der Waals surface area (Å²) >= 11 is 4.81. The van der Waals surface area contributed by atoms with Gasteiger partial charge in [0.2, 0.25) is 5.91 Å². The van der Waals surface area contributed by atoms with E-state index in [-0.39, 0.29) is 12.5 Å². The predicted molar refractivity (Wildman–Crippen MR) is 66.3 cm³/mol. The van der Waals surface area contributed by atoms with Gasteiger partial charge in [-0.3, -0.25) is 9.59 Å². The monoisotopic (exact) mass is 303 g/mol. The average molecular weight is 304 g/mol. The number of aliphatic carboxylic acids is 1. The molecule has 0 bridgehead atoms. The molecule has 1 rings (SSSR count). The lowest BCUT2D eigenvalue weighted by atomic mass is 10.4. The van der Waals surface area contributed by atoms with Crippen molar-refractivity contribution in [2.75, 3.05) is 13.6 Å². The number of nitrogens with zero attached hydrogens (tertiary/aromatic N) is 1. The van der Waals surface area contributed by atoms with Crippen molar-refractivity contribution in [1.82, 2.24) is 4.90 Å². The third-order valence-corrected chi connectivity index (χ3v) is 3.32. The molecule has 6 heteroatoms. The summed E-state index contributed by atoms with van der Waals surface area (Å²) < 4.78 is 0.985. The zero-order valence-corrected chi connectivity index (χ0v) is 10.9. The lowest BCUT2D eigenvalue weighted by Gasteiger charge is -2.10. The largest absolute Gasteiger partial charge is 0.480 e. The molecule has 0 aliphatic heterocycles. The molecule has 4 nitrogen and oxygen atoms in total. The number of carboxylic acid groups (broad SMARTS) is 1. The Morgan fingerprint density at radius 1 is 1.56 bits per heavy atom. The summed E-state index contributed by atoms with van der Waals surface area (Å²) in [6.07, 6.45) is 3.03. The number of halogens is 1. The summed E-state index contributed by atoms with van der Waals surface area (Å²) in [4.78, 5) is 23.9. The molecule has 0 spiro atoms. The van der Waals surface area contributed by atoms with Crippen molar-refractivity contribution >= 4 is 45.2 Å². The van der Waals surface area contributed by atoms with Crippen molar-refractivity contribution < 1.29 is 14.7 Å². The Morgan fingerprint density at radius 3 is 2.75 bits per heavy atom. The van der Waals surface area contributed by atoms with Crippen LogP contribution in [-0.2, 0) is 9.59 Å². The van der Waals surface area contributed by atoms with Crippen molar-refractivity contribution in [2.45, 2.75) is 0 Å². The van der Waals surface area contributed by atoms with Gasteiger partial charge in [-0.25, -0.2) is 0 Å². The van der Waals surface area contributed by atoms with Crippen LogP contribution < -0.4 is 0 Å². The molecular weight excluding hydrogens is 294 g/mol. The van der Waals surface area contributed by atoms with Crippen LogP contribution in [0.1, 0.15) is 4.88 Å². The minimum atomic E-state index is -1.02. The van der Waals surface area contributed by atoms with Crippen LogP contribution in [0.15, 0.2) is 22.0 Å². The summed E-state index contributed by atoms with van der Waals surface area (Å²) in [6.45, 7) is -0.294. The maximum Gasteiger partial charge on any atom is 0.323 e. The molecular formula is C10H10BrNO3S. The van der Waals surface area contributed by atoms with Crippen LogP contribution in [0.2, 0.25) is 0 Å². The second kappa shape index (κ2) is 5.81. The number of carbonyl (C=O) groups is 2. The fourth-order valence-electron chi connectivity index (χ4n) is 0.979. The highest BCUT2D eigenvalue weighted by Crippen LogP contribution is 2.22. The maximum atomic E-state index is 11.4. The number of rotatable bonds is 4. The molecule has 0 saturated carbocycles. The van der Waals surface area contributed by atoms with E-state index in [0.29, 0.717) is 0 Å². The Balaban J connectivity index is 2.57. The summed E-state index contributed by atoms with van der Waals surface area (Å²) in [5.74, 6) is -1.35. The third kappa shape index (κ3) is 4.16. The molecule has 0 saturated heterocycles. The Bertz CT molecular complexity index is 427. The smallest absolute Gasteiger partial charge is 0.323 e. The minimum Gasteiger partial charge on any atom is -0.480 e. The second-order valence-corrected chi connectivity index (χ2v) is 5.56. The van der Waals surface area contributed by atoms with Gasteiger partial charge >= 0.3 is 5.97 Å². The number of likely N-dealkylation sites (N-methyl/N-ethyl adjacent to an activating group) is 1. The SMILES string of the molecule is CN(CC(=O)O)C(=O)/C=C/c1ccc(Br)s1. The molecule has 1 amide bonds. The normalized spacial score (nSPS) is 10.6. The fraction of sp³-hybridized carbons (Fsp3) is 0.200. The van der Waals surface area contributed by atoms with Crippen molar-refractivity contribution in [3.63, 3.8) is 0 Å². The summed E-state index contributed by atoms with van der Waals surface area (Å²) in [6, 6.07) is 3.76. The van der Waals surface area contributed by atoms with Gasteiger partial charge in [0.05, 0.1) is 3.79 Å². The van der Waals surface area contributed by atoms with E-state index in [0.717, 1.165) is 13.6 Å². The highest BCUT2D eigenvalue weighted by Gasteiger charge is 2.08. The maximum absolute atomic E-state index is 11.4. The number of carboxylic acids is 1. The molecule has 0 aliphatic carbocycles. The lowest BCUT2D eigenvalue weighted by molar-refractivity contribution is -0.141. The molecule has 0 aromatic carbocycles. The van der Waals surface area contributed by atoms with Gasteiger partial charge in [-0.2, -0.15) is 0 Å². The first-order chi connectivity index (χ1) is 7.49. The van der Waals surface area contributed by atoms with E-state index >= 15 is 0 Å². The lowest BCUT2D eigenvalue weighted by Crippen LogP contribution is -2.30. The van der Waals surface area contributed by atoms with Crippen LogP contribution in [0, 0.1) is 0 Å². The van der Waals surface area contributed by atoms with Crippen LogP contribution in [0.4, 0.5) is 0 Å². The zero-order chi connectivity index (χ0) is 12.1. The number of thiophene rings is 1. The number of hydrogen-bond acceptors (Lipinski definition) is 3. The Kier molecular flexibility index (Phi) is 4.70. The first kappa shape index (κ1) is 12.9. The van der Waals surface area contributed by atoms with E-state index in [1.54, 1.807) is 6.08 Å². The minimum absolute atomic E-state index is 0.294. The van der Waals surface area contributed by atoms with Crippen LogP contribution >= 0.6 is 27.3 Å². The van der Waals surface area contributed by atoms with Gasteiger partial charge in [0, 0.05) is 18.0 Å². The van der Waals surface area contributed by atoms with Gasteiger partial charge in [0.15, 0.2) is 0 Å². The van der Waals surface area contributed by atoms with Crippen molar-refractivity contribution in [1.29, 1.82) is 0 Å². The molecule has 1 heterocycles. The molecule has 0 atom stereocenters. The van der Waals surface area contributed by atoms with Crippen molar-refractivity contribution in [2.24, 2.45) is 0 Å². The first-order valence-electron chi connectivity index (χ1n) is 4.39. The van der Waals surface area contributed by atoms with E-state index in [2.05, 4.69) is 15.9 Å². The predicted octanol–water partition coefficient (Wildman–Crippen LogP) is 2.07. The molecule has 0 aliphatic rings. The highest BCUT2D eigenvalue weighted by molar-refractivity contribution is 9.11. The molecule has 86 valence electrons. The van der Waals surface area contributed by atoms with Gasteiger partial charge in [0.25, 0.3) is 0 Å². The van der Waals surface area contributed by atoms with Crippen LogP contribution in [-0.4, -0.2) is 35.5 Å².